The van der Waals surface area contributed by atoms with Gasteiger partial charge in [0, 0.05) is 11.5 Å². The predicted octanol–water partition coefficient (Wildman–Crippen LogP) is 2.15. The van der Waals surface area contributed by atoms with Gasteiger partial charge in [0.05, 0.1) is 12.2 Å². The molecule has 1 aliphatic heterocycles. The number of oxazole rings is 1. The Bertz CT molecular complexity index is 733. The molecule has 1 saturated heterocycles. The Labute approximate surface area is 135 Å². The fraction of sp³-hybridized carbons (Fsp3) is 0.400. The molecule has 2 aromatic heterocycles. The first-order chi connectivity index (χ1) is 10.6. The third-order valence-electron chi connectivity index (χ3n) is 4.59. The Kier molecular flexibility index (Phi) is 3.09. The maximum absolute atomic E-state index is 12.5. The average molecular weight is 363 g/mol. The summed E-state index contributed by atoms with van der Waals surface area (Å²) in [7, 11) is 0. The molecule has 0 spiro atoms. The van der Waals surface area contributed by atoms with Crippen LogP contribution in [0, 0.1) is 6.92 Å². The lowest BCUT2D eigenvalue weighted by atomic mass is 9.97. The molecule has 3 heterocycles. The van der Waals surface area contributed by atoms with Crippen molar-refractivity contribution in [3.8, 4) is 0 Å². The SMILES string of the molecule is Cc1ccc(Br)nc1NC(=O)C1CC2(c3cnco3)CC2N1. The zero-order chi connectivity index (χ0) is 15.3. The van der Waals surface area contributed by atoms with Crippen molar-refractivity contribution in [1.29, 1.82) is 0 Å². The summed E-state index contributed by atoms with van der Waals surface area (Å²) < 4.78 is 6.14. The number of piperidine rings is 1. The first-order valence-corrected chi connectivity index (χ1v) is 7.97. The number of carbonyl (C=O) groups is 1. The van der Waals surface area contributed by atoms with E-state index in [1.165, 1.54) is 6.39 Å². The molecule has 7 heteroatoms. The molecule has 3 unspecified atom stereocenters. The van der Waals surface area contributed by atoms with E-state index in [1.807, 2.05) is 19.1 Å². The third kappa shape index (κ3) is 2.16. The fourth-order valence-electron chi connectivity index (χ4n) is 3.25. The van der Waals surface area contributed by atoms with Gasteiger partial charge in [-0.3, -0.25) is 4.79 Å². The van der Waals surface area contributed by atoms with Crippen molar-refractivity contribution in [1.82, 2.24) is 15.3 Å². The van der Waals surface area contributed by atoms with Gasteiger partial charge in [-0.25, -0.2) is 9.97 Å². The van der Waals surface area contributed by atoms with E-state index < -0.39 is 0 Å². The van der Waals surface area contributed by atoms with Crippen LogP contribution in [-0.2, 0) is 10.2 Å². The molecule has 6 nitrogen and oxygen atoms in total. The molecule has 114 valence electrons. The van der Waals surface area contributed by atoms with E-state index in [-0.39, 0.29) is 17.4 Å². The summed E-state index contributed by atoms with van der Waals surface area (Å²) in [5.74, 6) is 1.41. The van der Waals surface area contributed by atoms with Crippen LogP contribution in [0.4, 0.5) is 5.82 Å². The van der Waals surface area contributed by atoms with E-state index in [9.17, 15) is 4.79 Å². The normalized spacial score (nSPS) is 29.2. The van der Waals surface area contributed by atoms with Gasteiger partial charge in [0.15, 0.2) is 6.39 Å². The van der Waals surface area contributed by atoms with Crippen molar-refractivity contribution < 1.29 is 9.21 Å². The van der Waals surface area contributed by atoms with Crippen LogP contribution >= 0.6 is 15.9 Å². The van der Waals surface area contributed by atoms with Crippen LogP contribution in [0.25, 0.3) is 0 Å². The second-order valence-corrected chi connectivity index (χ2v) is 6.80. The molecule has 2 aliphatic rings. The molecular formula is C15H15BrN4O2. The van der Waals surface area contributed by atoms with Crippen LogP contribution in [0.3, 0.4) is 0 Å². The molecule has 0 bridgehead atoms. The molecule has 1 aliphatic carbocycles. The number of rotatable bonds is 3. The number of nitrogens with one attached hydrogen (secondary N) is 2. The summed E-state index contributed by atoms with van der Waals surface area (Å²) in [6.07, 6.45) is 4.93. The molecule has 2 aromatic rings. The summed E-state index contributed by atoms with van der Waals surface area (Å²) >= 11 is 3.32. The lowest BCUT2D eigenvalue weighted by molar-refractivity contribution is -0.118. The van der Waals surface area contributed by atoms with Crippen LogP contribution in [0.5, 0.6) is 0 Å². The summed E-state index contributed by atoms with van der Waals surface area (Å²) in [6, 6.07) is 3.84. The minimum atomic E-state index is -0.232. The van der Waals surface area contributed by atoms with Crippen LogP contribution in [0.2, 0.25) is 0 Å². The second kappa shape index (κ2) is 4.89. The van der Waals surface area contributed by atoms with Gasteiger partial charge in [0.25, 0.3) is 0 Å². The number of hydrogen-bond donors (Lipinski definition) is 2. The van der Waals surface area contributed by atoms with Crippen molar-refractivity contribution >= 4 is 27.7 Å². The maximum atomic E-state index is 12.5. The van der Waals surface area contributed by atoms with Crippen molar-refractivity contribution in [2.75, 3.05) is 5.32 Å². The number of nitrogens with zero attached hydrogens (tertiary/aromatic N) is 2. The number of aryl methyl sites for hydroxylation is 1. The Morgan fingerprint density at radius 3 is 3.14 bits per heavy atom. The summed E-state index contributed by atoms with van der Waals surface area (Å²) in [5.41, 5.74) is 0.878. The standard InChI is InChI=1S/C15H15BrN4O2/c1-8-2-3-12(16)19-13(8)20-14(21)9-4-15(5-10(15)18-9)11-6-17-7-22-11/h2-3,6-7,9-10,18H,4-5H2,1H3,(H,19,20,21). The van der Waals surface area contributed by atoms with Gasteiger partial charge in [-0.15, -0.1) is 0 Å². The van der Waals surface area contributed by atoms with E-state index in [0.29, 0.717) is 16.5 Å². The summed E-state index contributed by atoms with van der Waals surface area (Å²) in [5, 5.41) is 6.28. The first-order valence-electron chi connectivity index (χ1n) is 7.17. The van der Waals surface area contributed by atoms with Crippen LogP contribution in [0.15, 0.2) is 33.7 Å². The zero-order valence-corrected chi connectivity index (χ0v) is 13.6. The van der Waals surface area contributed by atoms with Gasteiger partial charge in [0.1, 0.15) is 16.2 Å². The number of aromatic nitrogens is 2. The van der Waals surface area contributed by atoms with E-state index in [2.05, 4.69) is 36.5 Å². The van der Waals surface area contributed by atoms with Crippen molar-refractivity contribution in [2.45, 2.75) is 37.3 Å². The Balaban J connectivity index is 1.48. The van der Waals surface area contributed by atoms with E-state index in [0.717, 1.165) is 24.2 Å². The Hall–Kier alpha value is -1.73. The average Bonchev–Trinajstić information content (AvgIpc) is 2.92. The number of pyridine rings is 1. The minimum absolute atomic E-state index is 0.0557. The lowest BCUT2D eigenvalue weighted by Crippen LogP contribution is -2.38. The molecule has 22 heavy (non-hydrogen) atoms. The topological polar surface area (TPSA) is 80.1 Å². The van der Waals surface area contributed by atoms with Crippen LogP contribution in [-0.4, -0.2) is 28.0 Å². The molecule has 4 rings (SSSR count). The molecule has 0 radical (unpaired) electrons. The number of halogens is 1. The highest BCUT2D eigenvalue weighted by atomic mass is 79.9. The number of amides is 1. The molecule has 3 atom stereocenters. The van der Waals surface area contributed by atoms with Crippen LogP contribution in [0.1, 0.15) is 24.2 Å². The largest absolute Gasteiger partial charge is 0.448 e. The Morgan fingerprint density at radius 2 is 2.36 bits per heavy atom. The van der Waals surface area contributed by atoms with Gasteiger partial charge in [0.2, 0.25) is 5.91 Å². The van der Waals surface area contributed by atoms with E-state index in [1.54, 1.807) is 6.20 Å². The Morgan fingerprint density at radius 1 is 1.50 bits per heavy atom. The van der Waals surface area contributed by atoms with Crippen molar-refractivity contribution in [3.63, 3.8) is 0 Å². The summed E-state index contributed by atoms with van der Waals surface area (Å²) in [6.45, 7) is 1.92. The highest BCUT2D eigenvalue weighted by Gasteiger charge is 2.64. The zero-order valence-electron chi connectivity index (χ0n) is 12.0. The van der Waals surface area contributed by atoms with Gasteiger partial charge < -0.3 is 15.1 Å². The van der Waals surface area contributed by atoms with Crippen molar-refractivity contribution in [2.24, 2.45) is 0 Å². The van der Waals surface area contributed by atoms with Crippen molar-refractivity contribution in [3.05, 3.63) is 40.7 Å². The number of anilines is 1. The molecule has 0 aromatic carbocycles. The fourth-order valence-corrected chi connectivity index (χ4v) is 3.56. The number of fused-ring (bicyclic) bond motifs is 1. The van der Waals surface area contributed by atoms with Gasteiger partial charge in [-0.05, 0) is 47.3 Å². The molecule has 2 N–H and O–H groups in total. The predicted molar refractivity (Wildman–Crippen MR) is 83.4 cm³/mol. The van der Waals surface area contributed by atoms with E-state index >= 15 is 0 Å². The molecule has 2 fully saturated rings. The summed E-state index contributed by atoms with van der Waals surface area (Å²) in [4.78, 5) is 20.8. The minimum Gasteiger partial charge on any atom is -0.448 e. The number of carbonyl (C=O) groups excluding carboxylic acids is 1. The monoisotopic (exact) mass is 362 g/mol. The molecule has 1 saturated carbocycles. The highest BCUT2D eigenvalue weighted by Crippen LogP contribution is 2.56. The highest BCUT2D eigenvalue weighted by molar-refractivity contribution is 9.10. The third-order valence-corrected chi connectivity index (χ3v) is 5.03. The van der Waals surface area contributed by atoms with Gasteiger partial charge in [-0.1, -0.05) is 6.07 Å². The first kappa shape index (κ1) is 13.9. The van der Waals surface area contributed by atoms with E-state index in [4.69, 9.17) is 4.42 Å². The maximum Gasteiger partial charge on any atom is 0.242 e. The van der Waals surface area contributed by atoms with Gasteiger partial charge >= 0.3 is 0 Å². The molecule has 1 amide bonds. The number of hydrogen-bond acceptors (Lipinski definition) is 5. The van der Waals surface area contributed by atoms with Gasteiger partial charge in [-0.2, -0.15) is 0 Å². The smallest absolute Gasteiger partial charge is 0.242 e. The quantitative estimate of drug-likeness (QED) is 0.817. The van der Waals surface area contributed by atoms with Crippen LogP contribution < -0.4 is 10.6 Å². The lowest BCUT2D eigenvalue weighted by Gasteiger charge is -2.15. The molecular weight excluding hydrogens is 348 g/mol. The second-order valence-electron chi connectivity index (χ2n) is 5.99.